The first kappa shape index (κ1) is 23.4. The number of hydrogen-bond donors (Lipinski definition) is 0. The lowest BCUT2D eigenvalue weighted by molar-refractivity contribution is 0.104. The zero-order chi connectivity index (χ0) is 24.9. The maximum atomic E-state index is 13.2. The summed E-state index contributed by atoms with van der Waals surface area (Å²) < 4.78 is 12.0. The van der Waals surface area contributed by atoms with E-state index in [1.807, 2.05) is 73.7 Å². The van der Waals surface area contributed by atoms with Crippen LogP contribution in [-0.2, 0) is 0 Å². The van der Waals surface area contributed by atoms with Gasteiger partial charge < -0.3 is 9.47 Å². The van der Waals surface area contributed by atoms with E-state index in [2.05, 4.69) is 37.3 Å². The van der Waals surface area contributed by atoms with Crippen LogP contribution < -0.4 is 9.47 Å². The van der Waals surface area contributed by atoms with Gasteiger partial charge in [0.1, 0.15) is 17.3 Å². The van der Waals surface area contributed by atoms with Gasteiger partial charge >= 0.3 is 0 Å². The zero-order valence-electron chi connectivity index (χ0n) is 20.5. The summed E-state index contributed by atoms with van der Waals surface area (Å²) in [6.07, 6.45) is 3.57. The van der Waals surface area contributed by atoms with Gasteiger partial charge in [0.15, 0.2) is 5.78 Å². The second-order valence-electron chi connectivity index (χ2n) is 8.73. The van der Waals surface area contributed by atoms with E-state index >= 15 is 0 Å². The third kappa shape index (κ3) is 4.73. The highest BCUT2D eigenvalue weighted by molar-refractivity contribution is 6.05. The molecular formula is C33H28O3. The van der Waals surface area contributed by atoms with Crippen LogP contribution in [0.25, 0.3) is 5.76 Å². The minimum Gasteiger partial charge on any atom is -0.494 e. The molecular weight excluding hydrogens is 444 g/mol. The Hall–Kier alpha value is -4.37. The molecule has 0 saturated carbocycles. The summed E-state index contributed by atoms with van der Waals surface area (Å²) in [7, 11) is 0. The van der Waals surface area contributed by atoms with Crippen molar-refractivity contribution in [2.75, 3.05) is 6.61 Å². The first-order chi connectivity index (χ1) is 17.7. The van der Waals surface area contributed by atoms with Gasteiger partial charge in [0, 0.05) is 28.2 Å². The zero-order valence-corrected chi connectivity index (χ0v) is 20.5. The Morgan fingerprint density at radius 3 is 2.22 bits per heavy atom. The van der Waals surface area contributed by atoms with Crippen molar-refractivity contribution in [1.29, 1.82) is 0 Å². The lowest BCUT2D eigenvalue weighted by Gasteiger charge is -2.31. The Kier molecular flexibility index (Phi) is 6.81. The Morgan fingerprint density at radius 1 is 0.833 bits per heavy atom. The number of ether oxygens (including phenoxy) is 2. The van der Waals surface area contributed by atoms with E-state index in [1.165, 1.54) is 11.1 Å². The van der Waals surface area contributed by atoms with Crippen LogP contribution in [0.2, 0.25) is 0 Å². The monoisotopic (exact) mass is 472 g/mol. The average Bonchev–Trinajstić information content (AvgIpc) is 2.92. The van der Waals surface area contributed by atoms with Crippen molar-refractivity contribution in [1.82, 2.24) is 0 Å². The van der Waals surface area contributed by atoms with Crippen LogP contribution in [0.4, 0.5) is 0 Å². The number of rotatable bonds is 7. The molecule has 0 spiro atoms. The van der Waals surface area contributed by atoms with Gasteiger partial charge in [-0.3, -0.25) is 4.79 Å². The number of allylic oxidation sites excluding steroid dienone is 3. The number of hydrogen-bond acceptors (Lipinski definition) is 3. The highest BCUT2D eigenvalue weighted by atomic mass is 16.5. The molecule has 36 heavy (non-hydrogen) atoms. The van der Waals surface area contributed by atoms with Crippen LogP contribution in [-0.4, -0.2) is 12.4 Å². The molecule has 4 aromatic rings. The van der Waals surface area contributed by atoms with Crippen LogP contribution in [0.3, 0.4) is 0 Å². The van der Waals surface area contributed by atoms with Crippen molar-refractivity contribution < 1.29 is 14.3 Å². The van der Waals surface area contributed by atoms with E-state index in [4.69, 9.17) is 9.47 Å². The predicted molar refractivity (Wildman–Crippen MR) is 145 cm³/mol. The lowest BCUT2D eigenvalue weighted by atomic mass is 9.79. The Balaban J connectivity index is 1.63. The van der Waals surface area contributed by atoms with Crippen LogP contribution in [0.5, 0.6) is 11.5 Å². The fourth-order valence-electron chi connectivity index (χ4n) is 4.66. The molecule has 0 unspecified atom stereocenters. The number of carbonyl (C=O) groups is 1. The second kappa shape index (κ2) is 10.5. The maximum Gasteiger partial charge on any atom is 0.185 e. The molecule has 5 rings (SSSR count). The number of aryl methyl sites for hydroxylation is 1. The predicted octanol–water partition coefficient (Wildman–Crippen LogP) is 7.77. The van der Waals surface area contributed by atoms with E-state index in [-0.39, 0.29) is 11.7 Å². The summed E-state index contributed by atoms with van der Waals surface area (Å²) in [6.45, 7) is 4.66. The number of ketones is 1. The summed E-state index contributed by atoms with van der Waals surface area (Å²) in [4.78, 5) is 13.2. The second-order valence-corrected chi connectivity index (χ2v) is 8.73. The van der Waals surface area contributed by atoms with Gasteiger partial charge in [0.25, 0.3) is 0 Å². The van der Waals surface area contributed by atoms with Crippen molar-refractivity contribution in [3.8, 4) is 11.5 Å². The maximum absolute atomic E-state index is 13.2. The number of benzene rings is 4. The Morgan fingerprint density at radius 2 is 1.50 bits per heavy atom. The molecule has 3 nitrogen and oxygen atoms in total. The van der Waals surface area contributed by atoms with E-state index in [1.54, 1.807) is 18.2 Å². The van der Waals surface area contributed by atoms with Crippen LogP contribution in [0.1, 0.15) is 45.5 Å². The van der Waals surface area contributed by atoms with Crippen molar-refractivity contribution in [2.24, 2.45) is 0 Å². The average molecular weight is 473 g/mol. The summed E-state index contributed by atoms with van der Waals surface area (Å²) in [5.74, 6) is 2.21. The third-order valence-electron chi connectivity index (χ3n) is 6.41. The molecule has 0 amide bonds. The molecule has 3 heteroatoms. The Labute approximate surface area is 212 Å². The topological polar surface area (TPSA) is 35.5 Å². The SMILES string of the molecule is CCOc1ccc(C(=O)/C=C\C2=C(c3ccccc3)Oc3ccccc3[C@@H]2c2ccccc2C)cc1. The van der Waals surface area contributed by atoms with E-state index < -0.39 is 0 Å². The van der Waals surface area contributed by atoms with Crippen LogP contribution in [0, 0.1) is 6.92 Å². The van der Waals surface area contributed by atoms with Gasteiger partial charge in [0.2, 0.25) is 0 Å². The van der Waals surface area contributed by atoms with Crippen molar-refractivity contribution in [3.63, 3.8) is 0 Å². The Bertz CT molecular complexity index is 1430. The molecule has 1 atom stereocenters. The molecule has 1 heterocycles. The molecule has 0 N–H and O–H groups in total. The highest BCUT2D eigenvalue weighted by Crippen LogP contribution is 2.46. The third-order valence-corrected chi connectivity index (χ3v) is 6.41. The molecule has 4 aromatic carbocycles. The molecule has 0 fully saturated rings. The smallest absolute Gasteiger partial charge is 0.185 e. The van der Waals surface area contributed by atoms with Crippen LogP contribution >= 0.6 is 0 Å². The fraction of sp³-hybridized carbons (Fsp3) is 0.121. The minimum absolute atomic E-state index is 0.0691. The standard InChI is InChI=1S/C33H28O3/c1-3-35-26-19-17-24(18-20-26)30(34)22-21-29-32(27-14-8-7-11-23(27)2)28-15-9-10-16-31(28)36-33(29)25-12-5-4-6-13-25/h4-22,32H,3H2,1-2H3/b22-21-/t32-/m0/s1. The number of para-hydroxylation sites is 1. The highest BCUT2D eigenvalue weighted by Gasteiger charge is 2.31. The summed E-state index contributed by atoms with van der Waals surface area (Å²) >= 11 is 0. The van der Waals surface area contributed by atoms with Crippen molar-refractivity contribution >= 4 is 11.5 Å². The molecule has 0 radical (unpaired) electrons. The van der Waals surface area contributed by atoms with Gasteiger partial charge in [-0.1, -0.05) is 78.9 Å². The van der Waals surface area contributed by atoms with E-state index in [0.717, 1.165) is 34.0 Å². The largest absolute Gasteiger partial charge is 0.494 e. The quantitative estimate of drug-likeness (QED) is 0.204. The number of fused-ring (bicyclic) bond motifs is 1. The van der Waals surface area contributed by atoms with Gasteiger partial charge in [-0.15, -0.1) is 0 Å². The summed E-state index contributed by atoms with van der Waals surface area (Å²) in [6, 6.07) is 33.9. The van der Waals surface area contributed by atoms with Gasteiger partial charge in [-0.05, 0) is 61.4 Å². The molecule has 0 aromatic heterocycles. The normalized spacial score (nSPS) is 14.9. The molecule has 0 aliphatic carbocycles. The van der Waals surface area contributed by atoms with Crippen LogP contribution in [0.15, 0.2) is 121 Å². The summed E-state index contributed by atoms with van der Waals surface area (Å²) in [5.41, 5.74) is 6.00. The number of carbonyl (C=O) groups excluding carboxylic acids is 1. The molecule has 1 aliphatic rings. The molecule has 0 bridgehead atoms. The van der Waals surface area contributed by atoms with Crippen molar-refractivity contribution in [2.45, 2.75) is 19.8 Å². The summed E-state index contributed by atoms with van der Waals surface area (Å²) in [5, 5.41) is 0. The fourth-order valence-corrected chi connectivity index (χ4v) is 4.66. The van der Waals surface area contributed by atoms with Gasteiger partial charge in [0.05, 0.1) is 6.61 Å². The van der Waals surface area contributed by atoms with E-state index in [0.29, 0.717) is 12.2 Å². The first-order valence-electron chi connectivity index (χ1n) is 12.2. The molecule has 1 aliphatic heterocycles. The first-order valence-corrected chi connectivity index (χ1v) is 12.2. The van der Waals surface area contributed by atoms with Crippen molar-refractivity contribution in [3.05, 3.63) is 149 Å². The van der Waals surface area contributed by atoms with Gasteiger partial charge in [-0.25, -0.2) is 0 Å². The molecule has 0 saturated heterocycles. The van der Waals surface area contributed by atoms with E-state index in [9.17, 15) is 4.79 Å². The minimum atomic E-state index is -0.0734. The lowest BCUT2D eigenvalue weighted by Crippen LogP contribution is -2.16. The van der Waals surface area contributed by atoms with Gasteiger partial charge in [-0.2, -0.15) is 0 Å². The molecule has 178 valence electrons.